The Morgan fingerprint density at radius 1 is 1.33 bits per heavy atom. The van der Waals surface area contributed by atoms with Gasteiger partial charge in [-0.1, -0.05) is 13.8 Å². The molecule has 0 heterocycles. The van der Waals surface area contributed by atoms with E-state index in [4.69, 9.17) is 11.5 Å². The molecule has 0 spiro atoms. The first-order valence-corrected chi connectivity index (χ1v) is 6.62. The summed E-state index contributed by atoms with van der Waals surface area (Å²) in [5.41, 5.74) is 9.98. The molecule has 4 nitrogen and oxygen atoms in total. The van der Waals surface area contributed by atoms with E-state index in [1.54, 1.807) is 0 Å². The fourth-order valence-electron chi connectivity index (χ4n) is 2.05. The molecule has 7 heteroatoms. The first-order valence-electron chi connectivity index (χ1n) is 6.62. The van der Waals surface area contributed by atoms with Crippen LogP contribution in [0.4, 0.5) is 18.9 Å². The molecule has 0 aromatic heterocycles. The maximum atomic E-state index is 12.7. The lowest BCUT2D eigenvalue weighted by Crippen LogP contribution is -2.31. The minimum Gasteiger partial charge on any atom is -0.380 e. The van der Waals surface area contributed by atoms with Crippen molar-refractivity contribution in [3.8, 4) is 0 Å². The minimum atomic E-state index is -4.52. The van der Waals surface area contributed by atoms with Crippen LogP contribution in [0.2, 0.25) is 0 Å². The monoisotopic (exact) mass is 303 g/mol. The highest BCUT2D eigenvalue weighted by atomic mass is 19.4. The molecule has 1 atom stereocenters. The van der Waals surface area contributed by atoms with Crippen LogP contribution in [0.5, 0.6) is 0 Å². The van der Waals surface area contributed by atoms with Gasteiger partial charge in [0.15, 0.2) is 0 Å². The number of hydrogen-bond donors (Lipinski definition) is 3. The van der Waals surface area contributed by atoms with E-state index in [-0.39, 0.29) is 17.3 Å². The molecule has 0 bridgehead atoms. The average molecular weight is 303 g/mol. The summed E-state index contributed by atoms with van der Waals surface area (Å²) in [6, 6.07) is 2.75. The van der Waals surface area contributed by atoms with Crippen molar-refractivity contribution in [2.24, 2.45) is 17.4 Å². The summed E-state index contributed by atoms with van der Waals surface area (Å²) in [6.07, 6.45) is -3.79. The number of alkyl halides is 3. The molecule has 1 aromatic carbocycles. The lowest BCUT2D eigenvalue weighted by Gasteiger charge is -2.22. The molecule has 0 radical (unpaired) electrons. The predicted octanol–water partition coefficient (Wildman–Crippen LogP) is 2.59. The zero-order valence-electron chi connectivity index (χ0n) is 12.0. The van der Waals surface area contributed by atoms with Gasteiger partial charge >= 0.3 is 6.18 Å². The van der Waals surface area contributed by atoms with E-state index in [1.165, 1.54) is 6.07 Å². The molecule has 0 saturated heterocycles. The van der Waals surface area contributed by atoms with Gasteiger partial charge in [-0.2, -0.15) is 13.2 Å². The van der Waals surface area contributed by atoms with Gasteiger partial charge in [-0.05, 0) is 30.5 Å². The van der Waals surface area contributed by atoms with Crippen LogP contribution >= 0.6 is 0 Å². The van der Waals surface area contributed by atoms with Gasteiger partial charge in [-0.3, -0.25) is 4.79 Å². The van der Waals surface area contributed by atoms with Gasteiger partial charge < -0.3 is 16.8 Å². The second-order valence-electron chi connectivity index (χ2n) is 5.33. The third kappa shape index (κ3) is 4.93. The summed E-state index contributed by atoms with van der Waals surface area (Å²) in [4.78, 5) is 11.4. The first kappa shape index (κ1) is 17.3. The Hall–Kier alpha value is -1.76. The maximum absolute atomic E-state index is 12.7. The van der Waals surface area contributed by atoms with E-state index in [9.17, 15) is 18.0 Å². The van der Waals surface area contributed by atoms with E-state index >= 15 is 0 Å². The van der Waals surface area contributed by atoms with Gasteiger partial charge in [-0.25, -0.2) is 0 Å². The van der Waals surface area contributed by atoms with Gasteiger partial charge in [0.1, 0.15) is 0 Å². The number of amides is 1. The van der Waals surface area contributed by atoms with Crippen LogP contribution in [0.1, 0.15) is 36.2 Å². The molecule has 5 N–H and O–H groups in total. The third-order valence-electron chi connectivity index (χ3n) is 3.01. The molecule has 1 unspecified atom stereocenters. The Kier molecular flexibility index (Phi) is 5.60. The average Bonchev–Trinajstić information content (AvgIpc) is 2.36. The number of primary amides is 1. The van der Waals surface area contributed by atoms with E-state index in [2.05, 4.69) is 5.32 Å². The van der Waals surface area contributed by atoms with E-state index in [0.29, 0.717) is 12.5 Å². The number of halogens is 3. The Morgan fingerprint density at radius 3 is 2.38 bits per heavy atom. The van der Waals surface area contributed by atoms with Crippen molar-refractivity contribution in [2.45, 2.75) is 32.5 Å². The second-order valence-corrected chi connectivity index (χ2v) is 5.33. The standard InChI is InChI=1S/C14H20F3N3O/c1-8(2)5-10(7-18)20-12-4-3-9(14(15,16)17)6-11(12)13(19)21/h3-4,6,8,10,20H,5,7,18H2,1-2H3,(H2,19,21). The molecule has 1 amide bonds. The number of anilines is 1. The Labute approximate surface area is 121 Å². The van der Waals surface area contributed by atoms with Crippen molar-refractivity contribution in [3.63, 3.8) is 0 Å². The Bertz CT molecular complexity index is 501. The number of rotatable bonds is 6. The van der Waals surface area contributed by atoms with Crippen LogP contribution < -0.4 is 16.8 Å². The van der Waals surface area contributed by atoms with Crippen molar-refractivity contribution >= 4 is 11.6 Å². The molecule has 0 saturated carbocycles. The van der Waals surface area contributed by atoms with Crippen LogP contribution in [-0.2, 0) is 6.18 Å². The SMILES string of the molecule is CC(C)CC(CN)Nc1ccc(C(F)(F)F)cc1C(N)=O. The zero-order chi connectivity index (χ0) is 16.2. The van der Waals surface area contributed by atoms with Crippen molar-refractivity contribution in [2.75, 3.05) is 11.9 Å². The van der Waals surface area contributed by atoms with Crippen LogP contribution in [0.25, 0.3) is 0 Å². The molecule has 1 aromatic rings. The largest absolute Gasteiger partial charge is 0.416 e. The van der Waals surface area contributed by atoms with Gasteiger partial charge in [0.2, 0.25) is 0 Å². The number of benzene rings is 1. The summed E-state index contributed by atoms with van der Waals surface area (Å²) < 4.78 is 38.0. The van der Waals surface area contributed by atoms with Gasteiger partial charge in [0.05, 0.1) is 11.1 Å². The van der Waals surface area contributed by atoms with Gasteiger partial charge in [0.25, 0.3) is 5.91 Å². The molecule has 1 rings (SSSR count). The Balaban J connectivity index is 3.09. The summed E-state index contributed by atoms with van der Waals surface area (Å²) in [6.45, 7) is 4.32. The minimum absolute atomic E-state index is 0.139. The van der Waals surface area contributed by atoms with E-state index < -0.39 is 17.6 Å². The molecule has 0 aliphatic carbocycles. The smallest absolute Gasteiger partial charge is 0.380 e. The first-order chi connectivity index (χ1) is 9.65. The highest BCUT2D eigenvalue weighted by molar-refractivity contribution is 5.98. The van der Waals surface area contributed by atoms with Crippen LogP contribution in [0.15, 0.2) is 18.2 Å². The number of nitrogens with two attached hydrogens (primary N) is 2. The Morgan fingerprint density at radius 2 is 1.95 bits per heavy atom. The lowest BCUT2D eigenvalue weighted by molar-refractivity contribution is -0.137. The van der Waals surface area contributed by atoms with E-state index in [1.807, 2.05) is 13.8 Å². The number of carbonyl (C=O) groups is 1. The molecular weight excluding hydrogens is 283 g/mol. The summed E-state index contributed by atoms with van der Waals surface area (Å²) in [7, 11) is 0. The number of hydrogen-bond acceptors (Lipinski definition) is 3. The van der Waals surface area contributed by atoms with Crippen molar-refractivity contribution < 1.29 is 18.0 Å². The summed E-state index contributed by atoms with van der Waals surface area (Å²) >= 11 is 0. The predicted molar refractivity (Wildman–Crippen MR) is 75.9 cm³/mol. The van der Waals surface area contributed by atoms with Crippen LogP contribution in [0.3, 0.4) is 0 Å². The molecule has 0 aliphatic heterocycles. The van der Waals surface area contributed by atoms with E-state index in [0.717, 1.165) is 18.6 Å². The highest BCUT2D eigenvalue weighted by Crippen LogP contribution is 2.32. The van der Waals surface area contributed by atoms with Gasteiger partial charge in [-0.15, -0.1) is 0 Å². The third-order valence-corrected chi connectivity index (χ3v) is 3.01. The number of carbonyl (C=O) groups excluding carboxylic acids is 1. The quantitative estimate of drug-likeness (QED) is 0.755. The fraction of sp³-hybridized carbons (Fsp3) is 0.500. The summed E-state index contributed by atoms with van der Waals surface area (Å²) in [5.74, 6) is -0.554. The molecule has 0 aliphatic rings. The van der Waals surface area contributed by atoms with Crippen molar-refractivity contribution in [1.82, 2.24) is 0 Å². The van der Waals surface area contributed by atoms with Crippen molar-refractivity contribution in [1.29, 1.82) is 0 Å². The molecule has 21 heavy (non-hydrogen) atoms. The zero-order valence-corrected chi connectivity index (χ0v) is 12.0. The topological polar surface area (TPSA) is 81.1 Å². The summed E-state index contributed by atoms with van der Waals surface area (Å²) in [5, 5.41) is 3.00. The second kappa shape index (κ2) is 6.80. The molecule has 0 fully saturated rings. The maximum Gasteiger partial charge on any atom is 0.416 e. The normalized spacial score (nSPS) is 13.3. The highest BCUT2D eigenvalue weighted by Gasteiger charge is 2.31. The van der Waals surface area contributed by atoms with Crippen LogP contribution in [-0.4, -0.2) is 18.5 Å². The molecule has 118 valence electrons. The van der Waals surface area contributed by atoms with Crippen LogP contribution in [0, 0.1) is 5.92 Å². The molecular formula is C14H20F3N3O. The van der Waals surface area contributed by atoms with Crippen molar-refractivity contribution in [3.05, 3.63) is 29.3 Å². The lowest BCUT2D eigenvalue weighted by atomic mass is 10.0. The van der Waals surface area contributed by atoms with Gasteiger partial charge in [0, 0.05) is 18.3 Å². The number of nitrogens with one attached hydrogen (secondary N) is 1. The fourth-order valence-corrected chi connectivity index (χ4v) is 2.05.